The van der Waals surface area contributed by atoms with Crippen molar-refractivity contribution in [3.05, 3.63) is 0 Å². The van der Waals surface area contributed by atoms with Crippen LogP contribution in [-0.2, 0) is 0 Å². The maximum Gasteiger partial charge on any atom is 0.0169 e. The van der Waals surface area contributed by atoms with Crippen LogP contribution in [0.1, 0.15) is 32.6 Å². The largest absolute Gasteiger partial charge is 0.257 e. The zero-order valence-corrected chi connectivity index (χ0v) is 7.32. The SMILES string of the molecule is CC1(C2CCCC2)CNNC1. The van der Waals surface area contributed by atoms with Crippen LogP contribution < -0.4 is 10.9 Å². The lowest BCUT2D eigenvalue weighted by Crippen LogP contribution is -2.30. The lowest BCUT2D eigenvalue weighted by Gasteiger charge is -2.29. The molecule has 2 aliphatic rings. The average Bonchev–Trinajstić information content (AvgIpc) is 2.55. The Kier molecular flexibility index (Phi) is 1.90. The predicted molar refractivity (Wildman–Crippen MR) is 46.1 cm³/mol. The molecule has 0 unspecified atom stereocenters. The van der Waals surface area contributed by atoms with Gasteiger partial charge < -0.3 is 0 Å². The first kappa shape index (κ1) is 7.56. The second-order valence-electron chi connectivity index (χ2n) is 4.34. The van der Waals surface area contributed by atoms with Gasteiger partial charge in [0.05, 0.1) is 0 Å². The van der Waals surface area contributed by atoms with Crippen molar-refractivity contribution >= 4 is 0 Å². The van der Waals surface area contributed by atoms with Crippen molar-refractivity contribution in [3.63, 3.8) is 0 Å². The minimum absolute atomic E-state index is 0.552. The lowest BCUT2D eigenvalue weighted by molar-refractivity contribution is 0.233. The summed E-state index contributed by atoms with van der Waals surface area (Å²) >= 11 is 0. The molecule has 0 radical (unpaired) electrons. The molecule has 1 aliphatic carbocycles. The van der Waals surface area contributed by atoms with Crippen LogP contribution in [0, 0.1) is 11.3 Å². The summed E-state index contributed by atoms with van der Waals surface area (Å²) in [5.74, 6) is 0.977. The van der Waals surface area contributed by atoms with Gasteiger partial charge in [-0.15, -0.1) is 0 Å². The Balaban J connectivity index is 2.00. The Labute approximate surface area is 68.7 Å². The van der Waals surface area contributed by atoms with Crippen LogP contribution in [0.5, 0.6) is 0 Å². The molecule has 2 fully saturated rings. The molecule has 1 aliphatic heterocycles. The van der Waals surface area contributed by atoms with Gasteiger partial charge in [-0.3, -0.25) is 10.9 Å². The summed E-state index contributed by atoms with van der Waals surface area (Å²) in [7, 11) is 0. The van der Waals surface area contributed by atoms with Gasteiger partial charge in [-0.2, -0.15) is 0 Å². The van der Waals surface area contributed by atoms with E-state index in [9.17, 15) is 0 Å². The second kappa shape index (κ2) is 2.76. The van der Waals surface area contributed by atoms with Crippen molar-refractivity contribution in [1.29, 1.82) is 0 Å². The number of hydrogen-bond acceptors (Lipinski definition) is 2. The van der Waals surface area contributed by atoms with E-state index >= 15 is 0 Å². The monoisotopic (exact) mass is 154 g/mol. The van der Waals surface area contributed by atoms with Crippen LogP contribution in [0.15, 0.2) is 0 Å². The molecule has 2 heteroatoms. The van der Waals surface area contributed by atoms with Crippen molar-refractivity contribution in [3.8, 4) is 0 Å². The van der Waals surface area contributed by atoms with E-state index in [1.807, 2.05) is 0 Å². The third-order valence-electron chi connectivity index (χ3n) is 3.45. The van der Waals surface area contributed by atoms with E-state index in [-0.39, 0.29) is 0 Å². The van der Waals surface area contributed by atoms with Crippen molar-refractivity contribution < 1.29 is 0 Å². The zero-order valence-electron chi connectivity index (χ0n) is 7.32. The topological polar surface area (TPSA) is 24.1 Å². The highest BCUT2D eigenvalue weighted by Crippen LogP contribution is 2.39. The Morgan fingerprint density at radius 1 is 1.09 bits per heavy atom. The first-order valence-corrected chi connectivity index (χ1v) is 4.77. The first-order valence-electron chi connectivity index (χ1n) is 4.77. The van der Waals surface area contributed by atoms with Gasteiger partial charge in [0.25, 0.3) is 0 Å². The number of hydrogen-bond donors (Lipinski definition) is 2. The van der Waals surface area contributed by atoms with Crippen molar-refractivity contribution in [1.82, 2.24) is 10.9 Å². The van der Waals surface area contributed by atoms with Crippen molar-refractivity contribution in [2.45, 2.75) is 32.6 Å². The molecule has 1 saturated carbocycles. The molecule has 0 aromatic rings. The maximum absolute atomic E-state index is 3.24. The summed E-state index contributed by atoms with van der Waals surface area (Å²) < 4.78 is 0. The fraction of sp³-hybridized carbons (Fsp3) is 1.00. The number of rotatable bonds is 1. The third kappa shape index (κ3) is 1.30. The summed E-state index contributed by atoms with van der Waals surface area (Å²) in [6.45, 7) is 4.74. The predicted octanol–water partition coefficient (Wildman–Crippen LogP) is 1.29. The fourth-order valence-electron chi connectivity index (χ4n) is 2.50. The van der Waals surface area contributed by atoms with Crippen LogP contribution in [0.3, 0.4) is 0 Å². The molecule has 2 N–H and O–H groups in total. The van der Waals surface area contributed by atoms with Gasteiger partial charge >= 0.3 is 0 Å². The van der Waals surface area contributed by atoms with E-state index in [1.54, 1.807) is 0 Å². The van der Waals surface area contributed by atoms with Crippen molar-refractivity contribution in [2.75, 3.05) is 13.1 Å². The quantitative estimate of drug-likeness (QED) is 0.594. The van der Waals surface area contributed by atoms with Crippen molar-refractivity contribution in [2.24, 2.45) is 11.3 Å². The molecule has 11 heavy (non-hydrogen) atoms. The van der Waals surface area contributed by atoms with E-state index < -0.39 is 0 Å². The molecule has 0 spiro atoms. The Hall–Kier alpha value is -0.0800. The van der Waals surface area contributed by atoms with Crippen LogP contribution in [0.4, 0.5) is 0 Å². The summed E-state index contributed by atoms with van der Waals surface area (Å²) in [5.41, 5.74) is 7.03. The molecule has 2 nitrogen and oxygen atoms in total. The van der Waals surface area contributed by atoms with E-state index in [4.69, 9.17) is 0 Å². The van der Waals surface area contributed by atoms with Gasteiger partial charge in [-0.1, -0.05) is 19.8 Å². The molecule has 64 valence electrons. The molecule has 0 bridgehead atoms. The van der Waals surface area contributed by atoms with Crippen LogP contribution in [0.2, 0.25) is 0 Å². The highest BCUT2D eigenvalue weighted by Gasteiger charge is 2.38. The molecule has 0 aromatic heterocycles. The molecule has 1 heterocycles. The van der Waals surface area contributed by atoms with E-state index in [1.165, 1.54) is 25.7 Å². The van der Waals surface area contributed by atoms with Crippen LogP contribution >= 0.6 is 0 Å². The zero-order chi connectivity index (χ0) is 7.73. The summed E-state index contributed by atoms with van der Waals surface area (Å²) in [4.78, 5) is 0. The van der Waals surface area contributed by atoms with Gasteiger partial charge in [0, 0.05) is 13.1 Å². The minimum atomic E-state index is 0.552. The smallest absolute Gasteiger partial charge is 0.0169 e. The first-order chi connectivity index (χ1) is 5.31. The molecular formula is C9H18N2. The molecule has 2 rings (SSSR count). The summed E-state index contributed by atoms with van der Waals surface area (Å²) in [6, 6.07) is 0. The van der Waals surface area contributed by atoms with E-state index in [0.717, 1.165) is 19.0 Å². The summed E-state index contributed by atoms with van der Waals surface area (Å²) in [6.07, 6.45) is 5.83. The fourth-order valence-corrected chi connectivity index (χ4v) is 2.50. The Morgan fingerprint density at radius 2 is 1.64 bits per heavy atom. The van der Waals surface area contributed by atoms with Gasteiger partial charge in [0.2, 0.25) is 0 Å². The molecule has 0 aromatic carbocycles. The number of nitrogens with one attached hydrogen (secondary N) is 2. The minimum Gasteiger partial charge on any atom is -0.257 e. The highest BCUT2D eigenvalue weighted by atomic mass is 15.4. The number of hydrazine groups is 1. The lowest BCUT2D eigenvalue weighted by atomic mass is 9.77. The van der Waals surface area contributed by atoms with Gasteiger partial charge in [0.1, 0.15) is 0 Å². The molecule has 1 saturated heterocycles. The Bertz CT molecular complexity index is 132. The summed E-state index contributed by atoms with van der Waals surface area (Å²) in [5, 5.41) is 0. The second-order valence-corrected chi connectivity index (χ2v) is 4.34. The van der Waals surface area contributed by atoms with Gasteiger partial charge in [-0.25, -0.2) is 0 Å². The standard InChI is InChI=1S/C9H18N2/c1-9(6-10-11-7-9)8-4-2-3-5-8/h8,10-11H,2-7H2,1H3. The normalized spacial score (nSPS) is 31.4. The van der Waals surface area contributed by atoms with Crippen LogP contribution in [0.25, 0.3) is 0 Å². The molecule has 0 amide bonds. The van der Waals surface area contributed by atoms with Gasteiger partial charge in [0.15, 0.2) is 0 Å². The Morgan fingerprint density at radius 3 is 2.18 bits per heavy atom. The van der Waals surface area contributed by atoms with Crippen LogP contribution in [-0.4, -0.2) is 13.1 Å². The molecular weight excluding hydrogens is 136 g/mol. The van der Waals surface area contributed by atoms with Gasteiger partial charge in [-0.05, 0) is 24.2 Å². The average molecular weight is 154 g/mol. The van der Waals surface area contributed by atoms with E-state index in [2.05, 4.69) is 17.8 Å². The van der Waals surface area contributed by atoms with E-state index in [0.29, 0.717) is 5.41 Å². The maximum atomic E-state index is 3.24. The third-order valence-corrected chi connectivity index (χ3v) is 3.45. The highest BCUT2D eigenvalue weighted by molar-refractivity contribution is 4.91. The molecule has 0 atom stereocenters.